The summed E-state index contributed by atoms with van der Waals surface area (Å²) in [6.07, 6.45) is 5.52. The number of likely N-dealkylation sites (N-methyl/N-ethyl adjacent to an activating group) is 1. The van der Waals surface area contributed by atoms with Crippen molar-refractivity contribution in [3.63, 3.8) is 0 Å². The molecule has 2 aliphatic rings. The smallest absolute Gasteiger partial charge is 0.194 e. The van der Waals surface area contributed by atoms with E-state index in [1.54, 1.807) is 0 Å². The van der Waals surface area contributed by atoms with Crippen molar-refractivity contribution in [1.82, 2.24) is 15.1 Å². The van der Waals surface area contributed by atoms with Crippen LogP contribution in [0.25, 0.3) is 0 Å². The molecule has 4 heteroatoms. The molecule has 1 N–H and O–H groups in total. The van der Waals surface area contributed by atoms with E-state index in [-0.39, 0.29) is 0 Å². The summed E-state index contributed by atoms with van der Waals surface area (Å²) in [6, 6.07) is 9.05. The first-order valence-electron chi connectivity index (χ1n) is 8.61. The van der Waals surface area contributed by atoms with Crippen molar-refractivity contribution < 1.29 is 0 Å². The Bertz CT molecular complexity index is 486. The molecule has 22 heavy (non-hydrogen) atoms. The van der Waals surface area contributed by atoms with E-state index in [9.17, 15) is 0 Å². The first-order valence-corrected chi connectivity index (χ1v) is 8.61. The molecule has 0 bridgehead atoms. The third-order valence-corrected chi connectivity index (χ3v) is 4.64. The van der Waals surface area contributed by atoms with Gasteiger partial charge in [-0.05, 0) is 37.1 Å². The van der Waals surface area contributed by atoms with Gasteiger partial charge in [-0.3, -0.25) is 9.89 Å². The van der Waals surface area contributed by atoms with Crippen LogP contribution in [0, 0.1) is 0 Å². The van der Waals surface area contributed by atoms with E-state index in [1.165, 1.54) is 49.9 Å². The molecule has 1 saturated heterocycles. The molecule has 1 aromatic rings. The van der Waals surface area contributed by atoms with Gasteiger partial charge in [-0.15, -0.1) is 0 Å². The number of likely N-dealkylation sites (tertiary alicyclic amines) is 1. The van der Waals surface area contributed by atoms with Crippen LogP contribution in [0.5, 0.6) is 0 Å². The number of guanidine groups is 1. The first-order chi connectivity index (χ1) is 10.8. The predicted octanol–water partition coefficient (Wildman–Crippen LogP) is 2.45. The van der Waals surface area contributed by atoms with Gasteiger partial charge in [0.2, 0.25) is 0 Å². The van der Waals surface area contributed by atoms with Crippen LogP contribution in [0.15, 0.2) is 29.3 Å². The lowest BCUT2D eigenvalue weighted by Crippen LogP contribution is -2.35. The summed E-state index contributed by atoms with van der Waals surface area (Å²) in [6.45, 7) is 6.41. The molecule has 0 aromatic heterocycles. The number of hydrogen-bond donors (Lipinski definition) is 1. The van der Waals surface area contributed by atoms with E-state index < -0.39 is 0 Å². The van der Waals surface area contributed by atoms with Crippen molar-refractivity contribution in [3.05, 3.63) is 35.4 Å². The maximum atomic E-state index is 4.46. The maximum Gasteiger partial charge on any atom is 0.194 e. The highest BCUT2D eigenvalue weighted by Crippen LogP contribution is 2.14. The van der Waals surface area contributed by atoms with Gasteiger partial charge in [-0.1, -0.05) is 37.1 Å². The van der Waals surface area contributed by atoms with Gasteiger partial charge < -0.3 is 10.2 Å². The second-order valence-electron chi connectivity index (χ2n) is 6.49. The molecule has 0 spiro atoms. The molecule has 2 aliphatic heterocycles. The zero-order chi connectivity index (χ0) is 15.2. The van der Waals surface area contributed by atoms with Gasteiger partial charge in [0, 0.05) is 26.7 Å². The molecule has 4 nitrogen and oxygen atoms in total. The van der Waals surface area contributed by atoms with Crippen molar-refractivity contribution in [2.45, 2.75) is 38.8 Å². The number of aliphatic imine (C=N–C) groups is 1. The minimum absolute atomic E-state index is 0.854. The molecule has 0 radical (unpaired) electrons. The first kappa shape index (κ1) is 15.3. The van der Waals surface area contributed by atoms with Crippen molar-refractivity contribution in [3.8, 4) is 0 Å². The number of hydrogen-bond acceptors (Lipinski definition) is 4. The van der Waals surface area contributed by atoms with E-state index in [0.29, 0.717) is 0 Å². The van der Waals surface area contributed by atoms with Crippen LogP contribution in [0.1, 0.15) is 36.8 Å². The topological polar surface area (TPSA) is 30.9 Å². The third kappa shape index (κ3) is 4.23. The second-order valence-corrected chi connectivity index (χ2v) is 6.49. The summed E-state index contributed by atoms with van der Waals surface area (Å²) in [5, 5.41) is 3.42. The summed E-state index contributed by atoms with van der Waals surface area (Å²) in [5.41, 5.74) is 2.75. The standard InChI is InChI=1S/C18H28N4/c1-21-13-10-19-18(21)20-14-16-6-8-17(9-7-16)15-22-11-4-2-3-5-12-22/h6-9H,2-5,10-15H2,1H3,(H,19,20). The largest absolute Gasteiger partial charge is 0.352 e. The monoisotopic (exact) mass is 300 g/mol. The third-order valence-electron chi connectivity index (χ3n) is 4.64. The van der Waals surface area contributed by atoms with E-state index in [1.807, 2.05) is 0 Å². The zero-order valence-corrected chi connectivity index (χ0v) is 13.7. The van der Waals surface area contributed by atoms with Crippen molar-refractivity contribution in [1.29, 1.82) is 0 Å². The highest BCUT2D eigenvalue weighted by atomic mass is 15.3. The number of benzene rings is 1. The molecule has 0 unspecified atom stereocenters. The SMILES string of the molecule is CN1CCN=C1NCc1ccc(CN2CCCCCC2)cc1. The lowest BCUT2D eigenvalue weighted by atomic mass is 10.1. The van der Waals surface area contributed by atoms with Crippen molar-refractivity contribution in [2.24, 2.45) is 4.99 Å². The van der Waals surface area contributed by atoms with Crippen LogP contribution in [0.3, 0.4) is 0 Å². The molecular weight excluding hydrogens is 272 g/mol. The summed E-state index contributed by atoms with van der Waals surface area (Å²) in [7, 11) is 2.09. The fraction of sp³-hybridized carbons (Fsp3) is 0.611. The molecule has 2 heterocycles. The summed E-state index contributed by atoms with van der Waals surface area (Å²) in [5.74, 6) is 1.02. The molecule has 0 amide bonds. The Kier molecular flexibility index (Phi) is 5.33. The Balaban J connectivity index is 1.49. The molecular formula is C18H28N4. The van der Waals surface area contributed by atoms with Gasteiger partial charge in [0.1, 0.15) is 0 Å². The predicted molar refractivity (Wildman–Crippen MR) is 92.0 cm³/mol. The fourth-order valence-electron chi connectivity index (χ4n) is 3.22. The van der Waals surface area contributed by atoms with Gasteiger partial charge in [-0.2, -0.15) is 0 Å². The summed E-state index contributed by atoms with van der Waals surface area (Å²) < 4.78 is 0. The molecule has 120 valence electrons. The highest BCUT2D eigenvalue weighted by Gasteiger charge is 2.12. The highest BCUT2D eigenvalue weighted by molar-refractivity contribution is 5.81. The minimum atomic E-state index is 0.854. The fourth-order valence-corrected chi connectivity index (χ4v) is 3.22. The molecule has 0 saturated carbocycles. The van der Waals surface area contributed by atoms with E-state index in [2.05, 4.69) is 51.4 Å². The normalized spacial score (nSPS) is 19.9. The second kappa shape index (κ2) is 7.63. The minimum Gasteiger partial charge on any atom is -0.352 e. The van der Waals surface area contributed by atoms with Gasteiger partial charge in [0.05, 0.1) is 6.54 Å². The molecule has 1 fully saturated rings. The van der Waals surface area contributed by atoms with Crippen LogP contribution in [-0.4, -0.2) is 49.0 Å². The average molecular weight is 300 g/mol. The summed E-state index contributed by atoms with van der Waals surface area (Å²) in [4.78, 5) is 9.23. The van der Waals surface area contributed by atoms with Gasteiger partial charge in [0.15, 0.2) is 5.96 Å². The quantitative estimate of drug-likeness (QED) is 0.926. The van der Waals surface area contributed by atoms with Crippen LogP contribution in [0.4, 0.5) is 0 Å². The van der Waals surface area contributed by atoms with Gasteiger partial charge in [0.25, 0.3) is 0 Å². The Morgan fingerprint density at radius 2 is 1.64 bits per heavy atom. The van der Waals surface area contributed by atoms with Crippen LogP contribution < -0.4 is 5.32 Å². The number of nitrogens with zero attached hydrogens (tertiary/aromatic N) is 3. The van der Waals surface area contributed by atoms with Crippen LogP contribution in [0.2, 0.25) is 0 Å². The van der Waals surface area contributed by atoms with Gasteiger partial charge >= 0.3 is 0 Å². The number of rotatable bonds is 4. The van der Waals surface area contributed by atoms with E-state index in [4.69, 9.17) is 0 Å². The average Bonchev–Trinajstić information content (AvgIpc) is 2.78. The molecule has 3 rings (SSSR count). The molecule has 0 atom stereocenters. The number of nitrogens with one attached hydrogen (secondary N) is 1. The van der Waals surface area contributed by atoms with E-state index >= 15 is 0 Å². The lowest BCUT2D eigenvalue weighted by Gasteiger charge is -2.20. The zero-order valence-electron chi connectivity index (χ0n) is 13.7. The van der Waals surface area contributed by atoms with Crippen molar-refractivity contribution >= 4 is 5.96 Å². The maximum absolute atomic E-state index is 4.46. The van der Waals surface area contributed by atoms with Gasteiger partial charge in [-0.25, -0.2) is 0 Å². The lowest BCUT2D eigenvalue weighted by molar-refractivity contribution is 0.277. The summed E-state index contributed by atoms with van der Waals surface area (Å²) >= 11 is 0. The van der Waals surface area contributed by atoms with Crippen LogP contribution in [-0.2, 0) is 13.1 Å². The Morgan fingerprint density at radius 1 is 0.955 bits per heavy atom. The Morgan fingerprint density at radius 3 is 2.27 bits per heavy atom. The van der Waals surface area contributed by atoms with Crippen LogP contribution >= 0.6 is 0 Å². The molecule has 0 aliphatic carbocycles. The van der Waals surface area contributed by atoms with E-state index in [0.717, 1.165) is 32.1 Å². The Hall–Kier alpha value is -1.55. The molecule has 1 aromatic carbocycles. The Labute approximate surface area is 134 Å². The van der Waals surface area contributed by atoms with Crippen molar-refractivity contribution in [2.75, 3.05) is 33.2 Å².